The van der Waals surface area contributed by atoms with Gasteiger partial charge < -0.3 is 9.47 Å². The molecule has 6 heteroatoms. The van der Waals surface area contributed by atoms with E-state index in [1.54, 1.807) is 32.4 Å². The molecule has 0 saturated heterocycles. The van der Waals surface area contributed by atoms with Crippen molar-refractivity contribution in [1.82, 2.24) is 4.72 Å². The Balaban J connectivity index is 1.82. The summed E-state index contributed by atoms with van der Waals surface area (Å²) in [6.45, 7) is 2.24. The lowest BCUT2D eigenvalue weighted by Gasteiger charge is -2.30. The van der Waals surface area contributed by atoms with E-state index >= 15 is 0 Å². The Morgan fingerprint density at radius 1 is 1.00 bits per heavy atom. The third-order valence-corrected chi connectivity index (χ3v) is 6.94. The summed E-state index contributed by atoms with van der Waals surface area (Å²) in [6.07, 6.45) is 4.16. The molecule has 0 atom stereocenters. The van der Waals surface area contributed by atoms with E-state index in [2.05, 4.69) is 16.9 Å². The first-order valence-corrected chi connectivity index (χ1v) is 10.7. The Kier molecular flexibility index (Phi) is 5.77. The molecule has 1 aliphatic carbocycles. The highest BCUT2D eigenvalue weighted by atomic mass is 32.2. The molecule has 1 aliphatic rings. The summed E-state index contributed by atoms with van der Waals surface area (Å²) < 4.78 is 39.0. The van der Waals surface area contributed by atoms with Crippen LogP contribution in [-0.2, 0) is 15.4 Å². The van der Waals surface area contributed by atoms with Crippen molar-refractivity contribution in [3.8, 4) is 11.5 Å². The molecule has 146 valence electrons. The third-order valence-electron chi connectivity index (χ3n) is 5.54. The summed E-state index contributed by atoms with van der Waals surface area (Å²) in [5.74, 6) is 1.49. The van der Waals surface area contributed by atoms with Crippen molar-refractivity contribution in [2.75, 3.05) is 20.8 Å². The highest BCUT2D eigenvalue weighted by Crippen LogP contribution is 2.41. The second kappa shape index (κ2) is 7.90. The fourth-order valence-electron chi connectivity index (χ4n) is 3.90. The number of methoxy groups -OCH3 is 2. The molecule has 0 spiro atoms. The monoisotopic (exact) mass is 389 g/mol. The van der Waals surface area contributed by atoms with Crippen LogP contribution in [-0.4, -0.2) is 29.2 Å². The van der Waals surface area contributed by atoms with Crippen LogP contribution >= 0.6 is 0 Å². The lowest BCUT2D eigenvalue weighted by atomic mass is 9.79. The summed E-state index contributed by atoms with van der Waals surface area (Å²) in [5, 5.41) is 0. The molecule has 0 aromatic heterocycles. The summed E-state index contributed by atoms with van der Waals surface area (Å²) in [7, 11) is -0.363. The van der Waals surface area contributed by atoms with Crippen molar-refractivity contribution in [1.29, 1.82) is 0 Å². The van der Waals surface area contributed by atoms with Gasteiger partial charge in [-0.1, -0.05) is 25.0 Å². The largest absolute Gasteiger partial charge is 0.497 e. The van der Waals surface area contributed by atoms with E-state index in [-0.39, 0.29) is 10.3 Å². The minimum absolute atomic E-state index is 0.166. The van der Waals surface area contributed by atoms with Gasteiger partial charge in [0.15, 0.2) is 0 Å². The Hall–Kier alpha value is -2.05. The molecule has 0 bridgehead atoms. The maximum Gasteiger partial charge on any atom is 0.240 e. The van der Waals surface area contributed by atoms with Crippen molar-refractivity contribution >= 4 is 10.0 Å². The zero-order valence-corrected chi connectivity index (χ0v) is 16.9. The number of aryl methyl sites for hydroxylation is 1. The van der Waals surface area contributed by atoms with Crippen LogP contribution in [0, 0.1) is 6.92 Å². The SMILES string of the molecule is COc1ccc(C2(CNS(=O)(=O)c3ccc(OC)c(C)c3)CCCC2)cc1. The van der Waals surface area contributed by atoms with E-state index in [9.17, 15) is 8.42 Å². The maximum absolute atomic E-state index is 12.8. The van der Waals surface area contributed by atoms with E-state index in [1.165, 1.54) is 0 Å². The Bertz CT molecular complexity index is 885. The zero-order chi connectivity index (χ0) is 19.5. The van der Waals surface area contributed by atoms with Crippen LogP contribution in [0.25, 0.3) is 0 Å². The molecule has 1 saturated carbocycles. The standard InChI is InChI=1S/C21H27NO4S/c1-16-14-19(10-11-20(16)26-3)27(23,24)22-15-21(12-4-5-13-21)17-6-8-18(25-2)9-7-17/h6-11,14,22H,4-5,12-13,15H2,1-3H3. The molecule has 1 N–H and O–H groups in total. The van der Waals surface area contributed by atoms with Crippen molar-refractivity contribution < 1.29 is 17.9 Å². The van der Waals surface area contributed by atoms with Gasteiger partial charge in [-0.05, 0) is 61.2 Å². The lowest BCUT2D eigenvalue weighted by Crippen LogP contribution is -2.39. The van der Waals surface area contributed by atoms with Crippen LogP contribution in [0.15, 0.2) is 47.4 Å². The minimum atomic E-state index is -3.58. The van der Waals surface area contributed by atoms with E-state index in [0.717, 1.165) is 42.6 Å². The molecule has 0 heterocycles. The third kappa shape index (κ3) is 4.12. The Morgan fingerprint density at radius 3 is 2.22 bits per heavy atom. The van der Waals surface area contributed by atoms with Crippen LogP contribution in [0.3, 0.4) is 0 Å². The fraction of sp³-hybridized carbons (Fsp3) is 0.429. The van der Waals surface area contributed by atoms with Gasteiger partial charge in [-0.25, -0.2) is 13.1 Å². The Labute approximate surface area is 161 Å². The minimum Gasteiger partial charge on any atom is -0.497 e. The summed E-state index contributed by atoms with van der Waals surface area (Å²) in [4.78, 5) is 0.267. The smallest absolute Gasteiger partial charge is 0.240 e. The predicted octanol–water partition coefficient (Wildman–Crippen LogP) is 3.80. The van der Waals surface area contributed by atoms with Gasteiger partial charge in [0.1, 0.15) is 11.5 Å². The van der Waals surface area contributed by atoms with Gasteiger partial charge >= 0.3 is 0 Å². The van der Waals surface area contributed by atoms with E-state index in [1.807, 2.05) is 19.1 Å². The molecule has 27 heavy (non-hydrogen) atoms. The van der Waals surface area contributed by atoms with Crippen LogP contribution < -0.4 is 14.2 Å². The molecular formula is C21H27NO4S. The van der Waals surface area contributed by atoms with Gasteiger partial charge in [0.25, 0.3) is 0 Å². The molecule has 0 aliphatic heterocycles. The highest BCUT2D eigenvalue weighted by molar-refractivity contribution is 7.89. The number of hydrogen-bond acceptors (Lipinski definition) is 4. The first-order valence-electron chi connectivity index (χ1n) is 9.19. The van der Waals surface area contributed by atoms with Gasteiger partial charge in [0.05, 0.1) is 19.1 Å². The number of rotatable bonds is 7. The number of sulfonamides is 1. The van der Waals surface area contributed by atoms with Gasteiger partial charge in [-0.3, -0.25) is 0 Å². The van der Waals surface area contributed by atoms with Gasteiger partial charge in [0, 0.05) is 12.0 Å². The fourth-order valence-corrected chi connectivity index (χ4v) is 5.11. The van der Waals surface area contributed by atoms with Crippen molar-refractivity contribution in [2.45, 2.75) is 42.9 Å². The molecule has 1 fully saturated rings. The second-order valence-electron chi connectivity index (χ2n) is 7.17. The van der Waals surface area contributed by atoms with Crippen LogP contribution in [0.2, 0.25) is 0 Å². The molecule has 2 aromatic rings. The summed E-state index contributed by atoms with van der Waals surface area (Å²) in [6, 6.07) is 12.9. The van der Waals surface area contributed by atoms with Crippen LogP contribution in [0.4, 0.5) is 0 Å². The van der Waals surface area contributed by atoms with E-state index in [4.69, 9.17) is 9.47 Å². The normalized spacial score (nSPS) is 16.3. The van der Waals surface area contributed by atoms with Crippen molar-refractivity contribution in [3.63, 3.8) is 0 Å². The first-order chi connectivity index (χ1) is 12.9. The topological polar surface area (TPSA) is 64.6 Å². The number of hydrogen-bond donors (Lipinski definition) is 1. The van der Waals surface area contributed by atoms with E-state index < -0.39 is 10.0 Å². The van der Waals surface area contributed by atoms with Crippen molar-refractivity contribution in [2.24, 2.45) is 0 Å². The maximum atomic E-state index is 12.8. The zero-order valence-electron chi connectivity index (χ0n) is 16.1. The highest BCUT2D eigenvalue weighted by Gasteiger charge is 2.36. The molecule has 0 radical (unpaired) electrons. The van der Waals surface area contributed by atoms with Crippen LogP contribution in [0.1, 0.15) is 36.8 Å². The number of ether oxygens (including phenoxy) is 2. The second-order valence-corrected chi connectivity index (χ2v) is 8.94. The molecule has 3 rings (SSSR count). The average molecular weight is 390 g/mol. The van der Waals surface area contributed by atoms with Crippen LogP contribution in [0.5, 0.6) is 11.5 Å². The summed E-state index contributed by atoms with van der Waals surface area (Å²) in [5.41, 5.74) is 1.79. The molecule has 0 amide bonds. The first kappa shape index (κ1) is 19.7. The molecule has 2 aromatic carbocycles. The average Bonchev–Trinajstić information content (AvgIpc) is 3.17. The molecule has 5 nitrogen and oxygen atoms in total. The summed E-state index contributed by atoms with van der Waals surface area (Å²) >= 11 is 0. The quantitative estimate of drug-likeness (QED) is 0.782. The van der Waals surface area contributed by atoms with Gasteiger partial charge in [0.2, 0.25) is 10.0 Å². The van der Waals surface area contributed by atoms with Gasteiger partial charge in [-0.15, -0.1) is 0 Å². The predicted molar refractivity (Wildman–Crippen MR) is 106 cm³/mol. The number of nitrogens with one attached hydrogen (secondary N) is 1. The Morgan fingerprint density at radius 2 is 1.67 bits per heavy atom. The number of benzene rings is 2. The van der Waals surface area contributed by atoms with Crippen molar-refractivity contribution in [3.05, 3.63) is 53.6 Å². The lowest BCUT2D eigenvalue weighted by molar-refractivity contribution is 0.410. The molecular weight excluding hydrogens is 362 g/mol. The van der Waals surface area contributed by atoms with E-state index in [0.29, 0.717) is 12.3 Å². The molecule has 0 unspecified atom stereocenters. The van der Waals surface area contributed by atoms with Gasteiger partial charge in [-0.2, -0.15) is 0 Å².